The fourth-order valence-electron chi connectivity index (χ4n) is 2.40. The average Bonchev–Trinajstić information content (AvgIpc) is 2.46. The van der Waals surface area contributed by atoms with Gasteiger partial charge in [-0.1, -0.05) is 48.5 Å². The Morgan fingerprint density at radius 1 is 0.947 bits per heavy atom. The van der Waals surface area contributed by atoms with Crippen molar-refractivity contribution in [1.82, 2.24) is 4.98 Å². The standard InChI is InChI=1S/C17H15NO/c1-12(19)15-11-18-16-10-6-5-9-14(16)17(15)13-7-3-2-4-8-13/h2-12,19H,1H3/t12-/m1/s1. The number of para-hydroxylation sites is 1. The third-order valence-electron chi connectivity index (χ3n) is 3.32. The Morgan fingerprint density at radius 3 is 2.37 bits per heavy atom. The lowest BCUT2D eigenvalue weighted by Crippen LogP contribution is -1.98. The van der Waals surface area contributed by atoms with Crippen LogP contribution in [0.25, 0.3) is 22.0 Å². The van der Waals surface area contributed by atoms with Gasteiger partial charge in [-0.2, -0.15) is 0 Å². The summed E-state index contributed by atoms with van der Waals surface area (Å²) in [6.07, 6.45) is 1.24. The molecular formula is C17H15NO. The number of hydrogen-bond acceptors (Lipinski definition) is 2. The van der Waals surface area contributed by atoms with E-state index in [1.54, 1.807) is 13.1 Å². The first kappa shape index (κ1) is 11.9. The van der Waals surface area contributed by atoms with Crippen LogP contribution in [0.4, 0.5) is 0 Å². The largest absolute Gasteiger partial charge is 0.389 e. The molecule has 0 bridgehead atoms. The number of aromatic nitrogens is 1. The van der Waals surface area contributed by atoms with Crippen LogP contribution in [0.15, 0.2) is 60.8 Å². The van der Waals surface area contributed by atoms with Crippen molar-refractivity contribution in [2.24, 2.45) is 0 Å². The minimum atomic E-state index is -0.535. The van der Waals surface area contributed by atoms with Gasteiger partial charge >= 0.3 is 0 Å². The van der Waals surface area contributed by atoms with E-state index < -0.39 is 6.10 Å². The molecule has 0 saturated carbocycles. The molecule has 0 aliphatic heterocycles. The normalized spacial score (nSPS) is 12.5. The second-order valence-corrected chi connectivity index (χ2v) is 4.65. The Labute approximate surface area is 112 Å². The van der Waals surface area contributed by atoms with E-state index in [-0.39, 0.29) is 0 Å². The third-order valence-corrected chi connectivity index (χ3v) is 3.32. The minimum absolute atomic E-state index is 0.535. The van der Waals surface area contributed by atoms with Gasteiger partial charge in [-0.25, -0.2) is 0 Å². The smallest absolute Gasteiger partial charge is 0.0783 e. The van der Waals surface area contributed by atoms with Crippen LogP contribution in [0.3, 0.4) is 0 Å². The van der Waals surface area contributed by atoms with E-state index >= 15 is 0 Å². The zero-order chi connectivity index (χ0) is 13.2. The van der Waals surface area contributed by atoms with Crippen molar-refractivity contribution in [2.45, 2.75) is 13.0 Å². The van der Waals surface area contributed by atoms with Crippen LogP contribution in [-0.2, 0) is 0 Å². The second kappa shape index (κ2) is 4.82. The lowest BCUT2D eigenvalue weighted by molar-refractivity contribution is 0.199. The molecule has 0 radical (unpaired) electrons. The van der Waals surface area contributed by atoms with Crippen molar-refractivity contribution < 1.29 is 5.11 Å². The first-order valence-corrected chi connectivity index (χ1v) is 6.38. The predicted octanol–water partition coefficient (Wildman–Crippen LogP) is 3.96. The molecule has 3 rings (SSSR count). The molecule has 0 amide bonds. The number of benzene rings is 2. The molecule has 1 N–H and O–H groups in total. The van der Waals surface area contributed by atoms with Crippen molar-refractivity contribution in [3.05, 3.63) is 66.4 Å². The summed E-state index contributed by atoms with van der Waals surface area (Å²) >= 11 is 0. The number of hydrogen-bond donors (Lipinski definition) is 1. The summed E-state index contributed by atoms with van der Waals surface area (Å²) in [7, 11) is 0. The van der Waals surface area contributed by atoms with Gasteiger partial charge in [-0.05, 0) is 24.1 Å². The first-order valence-electron chi connectivity index (χ1n) is 6.38. The van der Waals surface area contributed by atoms with Crippen molar-refractivity contribution in [2.75, 3.05) is 0 Å². The van der Waals surface area contributed by atoms with Crippen LogP contribution in [0, 0.1) is 0 Å². The van der Waals surface area contributed by atoms with Gasteiger partial charge in [0.25, 0.3) is 0 Å². The van der Waals surface area contributed by atoms with Crippen molar-refractivity contribution in [1.29, 1.82) is 0 Å². The number of aliphatic hydroxyl groups excluding tert-OH is 1. The average molecular weight is 249 g/mol. The lowest BCUT2D eigenvalue weighted by atomic mass is 9.94. The van der Waals surface area contributed by atoms with E-state index in [2.05, 4.69) is 23.2 Å². The minimum Gasteiger partial charge on any atom is -0.389 e. The van der Waals surface area contributed by atoms with E-state index in [9.17, 15) is 5.11 Å². The van der Waals surface area contributed by atoms with Gasteiger partial charge in [0, 0.05) is 17.1 Å². The Hall–Kier alpha value is -2.19. The monoisotopic (exact) mass is 249 g/mol. The van der Waals surface area contributed by atoms with Gasteiger partial charge in [0.2, 0.25) is 0 Å². The summed E-state index contributed by atoms with van der Waals surface area (Å²) in [5.41, 5.74) is 3.99. The van der Waals surface area contributed by atoms with Crippen molar-refractivity contribution in [3.63, 3.8) is 0 Å². The lowest BCUT2D eigenvalue weighted by Gasteiger charge is -2.14. The molecule has 0 unspecified atom stereocenters. The number of pyridine rings is 1. The predicted molar refractivity (Wildman–Crippen MR) is 77.8 cm³/mol. The van der Waals surface area contributed by atoms with Crippen LogP contribution in [-0.4, -0.2) is 10.1 Å². The molecule has 2 nitrogen and oxygen atoms in total. The maximum absolute atomic E-state index is 9.99. The first-order chi connectivity index (χ1) is 9.27. The van der Waals surface area contributed by atoms with E-state index in [1.807, 2.05) is 36.4 Å². The topological polar surface area (TPSA) is 33.1 Å². The summed E-state index contributed by atoms with van der Waals surface area (Å²) < 4.78 is 0. The van der Waals surface area contributed by atoms with Crippen LogP contribution in [0.5, 0.6) is 0 Å². The molecule has 0 fully saturated rings. The van der Waals surface area contributed by atoms with E-state index in [0.717, 1.165) is 27.6 Å². The van der Waals surface area contributed by atoms with Crippen LogP contribution >= 0.6 is 0 Å². The quantitative estimate of drug-likeness (QED) is 0.745. The highest BCUT2D eigenvalue weighted by molar-refractivity contribution is 5.96. The molecule has 1 heterocycles. The van der Waals surface area contributed by atoms with Gasteiger partial charge in [-0.15, -0.1) is 0 Å². The fourth-order valence-corrected chi connectivity index (χ4v) is 2.40. The summed E-state index contributed by atoms with van der Waals surface area (Å²) in [5, 5.41) is 11.1. The van der Waals surface area contributed by atoms with Crippen LogP contribution in [0.1, 0.15) is 18.6 Å². The zero-order valence-corrected chi connectivity index (χ0v) is 10.7. The van der Waals surface area contributed by atoms with Crippen LogP contribution in [0.2, 0.25) is 0 Å². The van der Waals surface area contributed by atoms with Gasteiger partial charge < -0.3 is 5.11 Å². The van der Waals surface area contributed by atoms with Crippen LogP contribution < -0.4 is 0 Å². The van der Waals surface area contributed by atoms with Gasteiger partial charge in [0.15, 0.2) is 0 Å². The Balaban J connectivity index is 2.39. The van der Waals surface area contributed by atoms with Gasteiger partial charge in [-0.3, -0.25) is 4.98 Å². The van der Waals surface area contributed by atoms with E-state index in [4.69, 9.17) is 0 Å². The third kappa shape index (κ3) is 2.11. The Bertz CT molecular complexity index is 705. The van der Waals surface area contributed by atoms with Crippen molar-refractivity contribution >= 4 is 10.9 Å². The molecule has 0 spiro atoms. The summed E-state index contributed by atoms with van der Waals surface area (Å²) in [6.45, 7) is 1.78. The number of rotatable bonds is 2. The SMILES string of the molecule is C[C@@H](O)c1cnc2ccccc2c1-c1ccccc1. The second-order valence-electron chi connectivity index (χ2n) is 4.65. The molecular weight excluding hydrogens is 234 g/mol. The molecule has 19 heavy (non-hydrogen) atoms. The zero-order valence-electron chi connectivity index (χ0n) is 10.7. The summed E-state index contributed by atoms with van der Waals surface area (Å²) in [6, 6.07) is 18.2. The highest BCUT2D eigenvalue weighted by atomic mass is 16.3. The molecule has 1 atom stereocenters. The summed E-state index contributed by atoms with van der Waals surface area (Å²) in [4.78, 5) is 4.43. The van der Waals surface area contributed by atoms with E-state index in [1.165, 1.54) is 0 Å². The molecule has 94 valence electrons. The summed E-state index contributed by atoms with van der Waals surface area (Å²) in [5.74, 6) is 0. The molecule has 0 aliphatic rings. The molecule has 2 aromatic carbocycles. The fraction of sp³-hybridized carbons (Fsp3) is 0.118. The maximum atomic E-state index is 9.99. The number of fused-ring (bicyclic) bond motifs is 1. The molecule has 2 heteroatoms. The van der Waals surface area contributed by atoms with E-state index in [0.29, 0.717) is 0 Å². The Kier molecular flexibility index (Phi) is 3.02. The number of nitrogens with zero attached hydrogens (tertiary/aromatic N) is 1. The highest BCUT2D eigenvalue weighted by Crippen LogP contribution is 2.33. The van der Waals surface area contributed by atoms with Crippen molar-refractivity contribution in [3.8, 4) is 11.1 Å². The Morgan fingerprint density at radius 2 is 1.63 bits per heavy atom. The van der Waals surface area contributed by atoms with Gasteiger partial charge in [0.05, 0.1) is 11.6 Å². The molecule has 0 aliphatic carbocycles. The molecule has 0 saturated heterocycles. The highest BCUT2D eigenvalue weighted by Gasteiger charge is 2.13. The molecule has 1 aromatic heterocycles. The maximum Gasteiger partial charge on any atom is 0.0783 e. The number of aliphatic hydroxyl groups is 1. The molecule has 3 aromatic rings. The van der Waals surface area contributed by atoms with Gasteiger partial charge in [0.1, 0.15) is 0 Å².